The number of benzene rings is 1. The maximum Gasteiger partial charge on any atom is 0.265 e. The Morgan fingerprint density at radius 2 is 2.19 bits per heavy atom. The van der Waals surface area contributed by atoms with E-state index < -0.39 is 0 Å². The predicted molar refractivity (Wildman–Crippen MR) is 103 cm³/mol. The zero-order valence-corrected chi connectivity index (χ0v) is 16.3. The summed E-state index contributed by atoms with van der Waals surface area (Å²) in [5, 5.41) is 0. The molecule has 0 bridgehead atoms. The summed E-state index contributed by atoms with van der Waals surface area (Å²) in [7, 11) is 0. The van der Waals surface area contributed by atoms with Crippen LogP contribution in [-0.4, -0.2) is 41.1 Å². The van der Waals surface area contributed by atoms with Crippen LogP contribution in [0.2, 0.25) is 0 Å². The van der Waals surface area contributed by atoms with Gasteiger partial charge in [-0.2, -0.15) is 0 Å². The second kappa shape index (κ2) is 6.60. The number of carbonyl (C=O) groups is 1. The minimum absolute atomic E-state index is 0.0934. The smallest absolute Gasteiger partial charge is 0.265 e. The van der Waals surface area contributed by atoms with Gasteiger partial charge >= 0.3 is 0 Å². The van der Waals surface area contributed by atoms with E-state index in [2.05, 4.69) is 30.1 Å². The number of hydrogen-bond donors (Lipinski definition) is 0. The molecule has 1 spiro atoms. The van der Waals surface area contributed by atoms with Crippen molar-refractivity contribution in [3.05, 3.63) is 45.9 Å². The molecular weight excluding hydrogens is 360 g/mol. The monoisotopic (exact) mass is 384 g/mol. The summed E-state index contributed by atoms with van der Waals surface area (Å²) in [6.45, 7) is 4.36. The van der Waals surface area contributed by atoms with Gasteiger partial charge in [0.25, 0.3) is 5.91 Å². The van der Waals surface area contributed by atoms with Crippen LogP contribution < -0.4 is 4.74 Å². The first-order valence-electron chi connectivity index (χ1n) is 9.75. The van der Waals surface area contributed by atoms with Gasteiger partial charge in [0.05, 0.1) is 17.8 Å². The minimum atomic E-state index is -0.226. The van der Waals surface area contributed by atoms with Crippen LogP contribution >= 0.6 is 11.3 Å². The summed E-state index contributed by atoms with van der Waals surface area (Å²) < 4.78 is 12.9. The highest BCUT2D eigenvalue weighted by atomic mass is 32.1. The van der Waals surface area contributed by atoms with E-state index in [4.69, 9.17) is 9.47 Å². The van der Waals surface area contributed by atoms with E-state index in [1.165, 1.54) is 22.5 Å². The van der Waals surface area contributed by atoms with Crippen molar-refractivity contribution in [3.63, 3.8) is 0 Å². The molecule has 142 valence electrons. The molecule has 3 aliphatic rings. The average Bonchev–Trinajstić information content (AvgIpc) is 3.23. The van der Waals surface area contributed by atoms with Crippen molar-refractivity contribution in [3.8, 4) is 5.75 Å². The van der Waals surface area contributed by atoms with Gasteiger partial charge in [0.1, 0.15) is 16.2 Å². The van der Waals surface area contributed by atoms with Crippen molar-refractivity contribution in [2.45, 2.75) is 44.3 Å². The first kappa shape index (κ1) is 17.2. The molecule has 1 aromatic heterocycles. The molecule has 1 aromatic carbocycles. The molecule has 3 aliphatic heterocycles. The lowest BCUT2D eigenvalue weighted by Crippen LogP contribution is -2.57. The summed E-state index contributed by atoms with van der Waals surface area (Å²) in [5.41, 5.74) is 3.89. The maximum absolute atomic E-state index is 12.7. The van der Waals surface area contributed by atoms with Crippen LogP contribution in [0.15, 0.2) is 29.9 Å². The Morgan fingerprint density at radius 3 is 2.96 bits per heavy atom. The lowest BCUT2D eigenvalue weighted by Gasteiger charge is -2.53. The number of nitrogens with zero attached hydrogens (tertiary/aromatic N) is 2. The van der Waals surface area contributed by atoms with Crippen molar-refractivity contribution < 1.29 is 14.3 Å². The quantitative estimate of drug-likeness (QED) is 0.746. The van der Waals surface area contributed by atoms with Crippen molar-refractivity contribution in [2.24, 2.45) is 5.92 Å². The molecule has 0 unspecified atom stereocenters. The maximum atomic E-state index is 12.7. The van der Waals surface area contributed by atoms with E-state index in [0.717, 1.165) is 56.0 Å². The molecule has 27 heavy (non-hydrogen) atoms. The number of aryl methyl sites for hydroxylation is 1. The predicted octanol–water partition coefficient (Wildman–Crippen LogP) is 3.99. The molecule has 2 aromatic rings. The summed E-state index contributed by atoms with van der Waals surface area (Å²) in [6.07, 6.45) is 5.70. The molecule has 5 rings (SSSR count). The van der Waals surface area contributed by atoms with Gasteiger partial charge in [0.2, 0.25) is 0 Å². The SMILES string of the molecule is Cc1ccc2c(c1)OC1(CCN(C(=O)c3cncs3)CC1)[C@H]1CCCO[C@H]21. The molecule has 0 radical (unpaired) electrons. The first-order valence-corrected chi connectivity index (χ1v) is 10.6. The van der Waals surface area contributed by atoms with E-state index >= 15 is 0 Å². The average molecular weight is 385 g/mol. The summed E-state index contributed by atoms with van der Waals surface area (Å²) >= 11 is 1.41. The number of rotatable bonds is 1. The number of amides is 1. The number of hydrogen-bond acceptors (Lipinski definition) is 5. The van der Waals surface area contributed by atoms with Crippen molar-refractivity contribution in [2.75, 3.05) is 19.7 Å². The highest BCUT2D eigenvalue weighted by Crippen LogP contribution is 2.53. The second-order valence-corrected chi connectivity index (χ2v) is 8.79. The molecule has 0 N–H and O–H groups in total. The Labute approximate surface area is 163 Å². The van der Waals surface area contributed by atoms with Gasteiger partial charge in [-0.1, -0.05) is 12.1 Å². The van der Waals surface area contributed by atoms with E-state index in [9.17, 15) is 4.79 Å². The number of piperidine rings is 1. The van der Waals surface area contributed by atoms with Crippen LogP contribution in [0.5, 0.6) is 5.75 Å². The number of ether oxygens (including phenoxy) is 2. The summed E-state index contributed by atoms with van der Waals surface area (Å²) in [5.74, 6) is 1.43. The number of fused-ring (bicyclic) bond motifs is 4. The summed E-state index contributed by atoms with van der Waals surface area (Å²) in [6, 6.07) is 6.45. The van der Waals surface area contributed by atoms with Gasteiger partial charge < -0.3 is 14.4 Å². The van der Waals surface area contributed by atoms with E-state index in [-0.39, 0.29) is 17.6 Å². The second-order valence-electron chi connectivity index (χ2n) is 7.91. The molecule has 0 saturated carbocycles. The van der Waals surface area contributed by atoms with E-state index in [1.807, 2.05) is 4.90 Å². The Bertz CT molecular complexity index is 843. The Hall–Kier alpha value is -1.92. The van der Waals surface area contributed by atoms with Crippen LogP contribution in [0.25, 0.3) is 0 Å². The highest BCUT2D eigenvalue weighted by Gasteiger charge is 2.52. The Kier molecular flexibility index (Phi) is 4.20. The number of thiazole rings is 1. The fourth-order valence-corrected chi connectivity index (χ4v) is 5.51. The van der Waals surface area contributed by atoms with Gasteiger partial charge in [-0.15, -0.1) is 11.3 Å². The summed E-state index contributed by atoms with van der Waals surface area (Å²) in [4.78, 5) is 19.4. The standard InChI is InChI=1S/C21H24N2O3S/c1-14-4-5-15-17(11-14)26-21(16-3-2-10-25-19(15)16)6-8-23(9-7-21)20(24)18-12-22-13-27-18/h4-5,11-13,16,19H,2-3,6-10H2,1H3/t16-,19+/m0/s1. The van der Waals surface area contributed by atoms with Crippen LogP contribution in [0, 0.1) is 12.8 Å². The molecule has 0 aliphatic carbocycles. The molecule has 1 amide bonds. The zero-order valence-electron chi connectivity index (χ0n) is 15.5. The first-order chi connectivity index (χ1) is 13.2. The molecule has 2 fully saturated rings. The van der Waals surface area contributed by atoms with Crippen LogP contribution in [0.1, 0.15) is 52.6 Å². The third-order valence-electron chi connectivity index (χ3n) is 6.33. The van der Waals surface area contributed by atoms with Gasteiger partial charge in [0.15, 0.2) is 0 Å². The largest absolute Gasteiger partial charge is 0.486 e. The third-order valence-corrected chi connectivity index (χ3v) is 7.09. The molecular formula is C21H24N2O3S. The van der Waals surface area contributed by atoms with Crippen molar-refractivity contribution >= 4 is 17.2 Å². The molecule has 6 heteroatoms. The lowest BCUT2D eigenvalue weighted by molar-refractivity contribution is -0.147. The number of carbonyl (C=O) groups excluding carboxylic acids is 1. The fraction of sp³-hybridized carbons (Fsp3) is 0.524. The third kappa shape index (κ3) is 2.86. The van der Waals surface area contributed by atoms with Gasteiger partial charge in [-0.3, -0.25) is 9.78 Å². The van der Waals surface area contributed by atoms with E-state index in [1.54, 1.807) is 11.7 Å². The minimum Gasteiger partial charge on any atom is -0.486 e. The van der Waals surface area contributed by atoms with Crippen LogP contribution in [0.3, 0.4) is 0 Å². The lowest BCUT2D eigenvalue weighted by atomic mass is 9.70. The van der Waals surface area contributed by atoms with E-state index in [0.29, 0.717) is 5.92 Å². The van der Waals surface area contributed by atoms with Crippen molar-refractivity contribution in [1.82, 2.24) is 9.88 Å². The number of likely N-dealkylation sites (tertiary alicyclic amines) is 1. The van der Waals surface area contributed by atoms with Crippen molar-refractivity contribution in [1.29, 1.82) is 0 Å². The van der Waals surface area contributed by atoms with Gasteiger partial charge in [0, 0.05) is 44.0 Å². The highest BCUT2D eigenvalue weighted by molar-refractivity contribution is 7.11. The number of aromatic nitrogens is 1. The zero-order chi connectivity index (χ0) is 18.4. The van der Waals surface area contributed by atoms with Crippen LogP contribution in [0.4, 0.5) is 0 Å². The van der Waals surface area contributed by atoms with Gasteiger partial charge in [-0.25, -0.2) is 0 Å². The van der Waals surface area contributed by atoms with Crippen LogP contribution in [-0.2, 0) is 4.74 Å². The van der Waals surface area contributed by atoms with Gasteiger partial charge in [-0.05, 0) is 31.4 Å². The topological polar surface area (TPSA) is 51.7 Å². The molecule has 4 heterocycles. The molecule has 2 saturated heterocycles. The normalized spacial score (nSPS) is 26.2. The Balaban J connectivity index is 1.42. The molecule has 2 atom stereocenters. The fourth-order valence-electron chi connectivity index (χ4n) is 4.92. The molecule has 5 nitrogen and oxygen atoms in total. The Morgan fingerprint density at radius 1 is 1.33 bits per heavy atom.